The molecule has 2 aromatic rings. The molecule has 9 nitrogen and oxygen atoms in total. The van der Waals surface area contributed by atoms with E-state index in [1.165, 1.54) is 11.6 Å². The number of rotatable bonds is 6. The molecule has 9 heteroatoms. The minimum atomic E-state index is -0.799. The summed E-state index contributed by atoms with van der Waals surface area (Å²) in [6.45, 7) is 0.573. The topological polar surface area (TPSA) is 131 Å². The van der Waals surface area contributed by atoms with Crippen molar-refractivity contribution in [2.24, 2.45) is 14.1 Å². The molecule has 0 saturated carbocycles. The molecule has 2 heterocycles. The first-order chi connectivity index (χ1) is 9.93. The number of unbranched alkanes of at least 4 members (excludes halogenated alkanes) is 2. The highest BCUT2D eigenvalue weighted by Gasteiger charge is 2.13. The summed E-state index contributed by atoms with van der Waals surface area (Å²) in [5.41, 5.74) is 0.00168. The standard InChI is InChI=1S/C13H18N4O4.H2O/c1-15-11-10(12(20)16(2)13(15)21)17(8-14-11)7-5-3-4-6-9(18)19;/h8H,3-7H2,1-2H3,(H,18,19);1H2. The van der Waals surface area contributed by atoms with E-state index in [-0.39, 0.29) is 17.5 Å². The summed E-state index contributed by atoms with van der Waals surface area (Å²) in [5.74, 6) is -0.799. The van der Waals surface area contributed by atoms with E-state index in [0.29, 0.717) is 24.1 Å². The van der Waals surface area contributed by atoms with Crippen molar-refractivity contribution in [3.05, 3.63) is 27.2 Å². The highest BCUT2D eigenvalue weighted by atomic mass is 16.4. The van der Waals surface area contributed by atoms with Gasteiger partial charge in [-0.15, -0.1) is 0 Å². The lowest BCUT2D eigenvalue weighted by molar-refractivity contribution is -0.137. The van der Waals surface area contributed by atoms with Crippen LogP contribution in [0.15, 0.2) is 15.9 Å². The van der Waals surface area contributed by atoms with Gasteiger partial charge in [-0.2, -0.15) is 0 Å². The molecule has 0 unspecified atom stereocenters. The van der Waals surface area contributed by atoms with Crippen LogP contribution in [0.25, 0.3) is 11.2 Å². The maximum Gasteiger partial charge on any atom is 0.332 e. The molecular weight excluding hydrogens is 292 g/mol. The first-order valence-corrected chi connectivity index (χ1v) is 6.76. The minimum Gasteiger partial charge on any atom is -0.481 e. The van der Waals surface area contributed by atoms with E-state index in [4.69, 9.17) is 5.11 Å². The molecular formula is C13H20N4O5. The third-order valence-electron chi connectivity index (χ3n) is 3.51. The Kier molecular flexibility index (Phi) is 5.63. The number of carbonyl (C=O) groups is 1. The van der Waals surface area contributed by atoms with Crippen molar-refractivity contribution < 1.29 is 15.4 Å². The predicted octanol–water partition coefficient (Wildman–Crippen LogP) is -0.746. The zero-order chi connectivity index (χ0) is 15.6. The van der Waals surface area contributed by atoms with Crippen molar-refractivity contribution in [2.45, 2.75) is 32.2 Å². The molecule has 0 spiro atoms. The zero-order valence-electron chi connectivity index (χ0n) is 12.6. The maximum atomic E-state index is 12.2. The van der Waals surface area contributed by atoms with E-state index in [2.05, 4.69) is 4.98 Å². The lowest BCUT2D eigenvalue weighted by atomic mass is 10.2. The number of carboxylic acids is 1. The average Bonchev–Trinajstić information content (AvgIpc) is 2.86. The van der Waals surface area contributed by atoms with Gasteiger partial charge in [0.05, 0.1) is 6.33 Å². The molecule has 122 valence electrons. The van der Waals surface area contributed by atoms with Crippen molar-refractivity contribution in [3.8, 4) is 0 Å². The largest absolute Gasteiger partial charge is 0.481 e. The molecule has 0 atom stereocenters. The predicted molar refractivity (Wildman–Crippen MR) is 79.9 cm³/mol. The third-order valence-corrected chi connectivity index (χ3v) is 3.51. The van der Waals surface area contributed by atoms with Crippen LogP contribution in [0, 0.1) is 0 Å². The van der Waals surface area contributed by atoms with Gasteiger partial charge >= 0.3 is 11.7 Å². The number of aryl methyl sites for hydroxylation is 2. The Hall–Kier alpha value is -2.42. The van der Waals surface area contributed by atoms with E-state index in [1.54, 1.807) is 17.9 Å². The molecule has 0 aliphatic heterocycles. The summed E-state index contributed by atoms with van der Waals surface area (Å²) in [6, 6.07) is 0. The first kappa shape index (κ1) is 17.6. The average molecular weight is 312 g/mol. The van der Waals surface area contributed by atoms with Gasteiger partial charge in [-0.05, 0) is 12.8 Å². The summed E-state index contributed by atoms with van der Waals surface area (Å²) in [6.07, 6.45) is 3.82. The summed E-state index contributed by atoms with van der Waals surface area (Å²) >= 11 is 0. The van der Waals surface area contributed by atoms with Crippen LogP contribution in [0.5, 0.6) is 0 Å². The molecule has 2 aromatic heterocycles. The van der Waals surface area contributed by atoms with Crippen LogP contribution in [0.2, 0.25) is 0 Å². The second-order valence-electron chi connectivity index (χ2n) is 5.02. The molecule has 0 saturated heterocycles. The monoisotopic (exact) mass is 312 g/mol. The van der Waals surface area contributed by atoms with Crippen LogP contribution < -0.4 is 11.2 Å². The summed E-state index contributed by atoms with van der Waals surface area (Å²) in [7, 11) is 3.02. The summed E-state index contributed by atoms with van der Waals surface area (Å²) in [5, 5.41) is 8.57. The number of fused-ring (bicyclic) bond motifs is 1. The fourth-order valence-corrected chi connectivity index (χ4v) is 2.30. The van der Waals surface area contributed by atoms with Crippen LogP contribution >= 0.6 is 0 Å². The van der Waals surface area contributed by atoms with E-state index >= 15 is 0 Å². The van der Waals surface area contributed by atoms with Gasteiger partial charge in [-0.3, -0.25) is 18.7 Å². The van der Waals surface area contributed by atoms with Gasteiger partial charge in [0.1, 0.15) is 0 Å². The number of aromatic nitrogens is 4. The molecule has 0 aliphatic rings. The lowest BCUT2D eigenvalue weighted by Crippen LogP contribution is -2.37. The van der Waals surface area contributed by atoms with Crippen LogP contribution in [0.3, 0.4) is 0 Å². The highest BCUT2D eigenvalue weighted by molar-refractivity contribution is 5.69. The lowest BCUT2D eigenvalue weighted by Gasteiger charge is -2.06. The minimum absolute atomic E-state index is 0. The number of nitrogens with zero attached hydrogens (tertiary/aromatic N) is 4. The molecule has 0 radical (unpaired) electrons. The molecule has 3 N–H and O–H groups in total. The van der Waals surface area contributed by atoms with Crippen molar-refractivity contribution in [1.29, 1.82) is 0 Å². The van der Waals surface area contributed by atoms with Crippen molar-refractivity contribution in [1.82, 2.24) is 18.7 Å². The quantitative estimate of drug-likeness (QED) is 0.701. The molecule has 0 fully saturated rings. The normalized spacial score (nSPS) is 10.6. The number of hydrogen-bond donors (Lipinski definition) is 1. The molecule has 0 aliphatic carbocycles. The highest BCUT2D eigenvalue weighted by Crippen LogP contribution is 2.08. The second-order valence-corrected chi connectivity index (χ2v) is 5.02. The van der Waals surface area contributed by atoms with Crippen LogP contribution in [-0.2, 0) is 25.4 Å². The Morgan fingerprint density at radius 2 is 1.86 bits per heavy atom. The Labute approximate surface area is 125 Å². The fraction of sp³-hybridized carbons (Fsp3) is 0.538. The number of carboxylic acid groups (broad SMARTS) is 1. The molecule has 0 aromatic carbocycles. The Balaban J connectivity index is 0.00000242. The van der Waals surface area contributed by atoms with Crippen LogP contribution in [-0.4, -0.2) is 35.2 Å². The van der Waals surface area contributed by atoms with E-state index < -0.39 is 11.7 Å². The fourth-order valence-electron chi connectivity index (χ4n) is 2.30. The van der Waals surface area contributed by atoms with Gasteiger partial charge in [0.25, 0.3) is 5.56 Å². The molecule has 22 heavy (non-hydrogen) atoms. The van der Waals surface area contributed by atoms with E-state index in [0.717, 1.165) is 17.4 Å². The Morgan fingerprint density at radius 3 is 2.50 bits per heavy atom. The SMILES string of the molecule is Cn1c(=O)c2c(ncn2CCCCCC(=O)O)n(C)c1=O.O. The Bertz CT molecular complexity index is 786. The smallest absolute Gasteiger partial charge is 0.332 e. The Morgan fingerprint density at radius 1 is 1.18 bits per heavy atom. The number of aliphatic carboxylic acids is 1. The molecule has 0 amide bonds. The van der Waals surface area contributed by atoms with Gasteiger partial charge in [-0.25, -0.2) is 9.78 Å². The van der Waals surface area contributed by atoms with Crippen molar-refractivity contribution >= 4 is 17.1 Å². The van der Waals surface area contributed by atoms with Crippen LogP contribution in [0.1, 0.15) is 25.7 Å². The first-order valence-electron chi connectivity index (χ1n) is 6.76. The van der Waals surface area contributed by atoms with Crippen molar-refractivity contribution in [2.75, 3.05) is 0 Å². The van der Waals surface area contributed by atoms with Gasteiger partial charge in [0, 0.05) is 27.1 Å². The zero-order valence-corrected chi connectivity index (χ0v) is 12.6. The van der Waals surface area contributed by atoms with Crippen LogP contribution in [0.4, 0.5) is 0 Å². The maximum absolute atomic E-state index is 12.2. The van der Waals surface area contributed by atoms with Gasteiger partial charge in [0.2, 0.25) is 0 Å². The van der Waals surface area contributed by atoms with Gasteiger partial charge in [-0.1, -0.05) is 6.42 Å². The summed E-state index contributed by atoms with van der Waals surface area (Å²) in [4.78, 5) is 38.5. The third kappa shape index (κ3) is 3.25. The summed E-state index contributed by atoms with van der Waals surface area (Å²) < 4.78 is 4.13. The second kappa shape index (κ2) is 7.03. The van der Waals surface area contributed by atoms with E-state index in [9.17, 15) is 14.4 Å². The van der Waals surface area contributed by atoms with Crippen molar-refractivity contribution in [3.63, 3.8) is 0 Å². The van der Waals surface area contributed by atoms with Gasteiger partial charge < -0.3 is 15.1 Å². The van der Waals surface area contributed by atoms with E-state index in [1.807, 2.05) is 0 Å². The number of hydrogen-bond acceptors (Lipinski definition) is 4. The number of imidazole rings is 1. The molecule has 2 rings (SSSR count). The molecule has 0 bridgehead atoms. The van der Waals surface area contributed by atoms with Gasteiger partial charge in [0.15, 0.2) is 11.2 Å².